The molecular weight excluding hydrogens is 546 g/mol. The molecule has 4 aromatic carbocycles. The SMILES string of the molecule is COc1ccccc1C(c1cccc2ccccc12)(C(C)(C)C)C(C#N)(CNC(=O)c1ccccc1O)Cc1cccnc1. The molecule has 6 nitrogen and oxygen atoms in total. The predicted octanol–water partition coefficient (Wildman–Crippen LogP) is 7.46. The van der Waals surface area contributed by atoms with Crippen molar-refractivity contribution in [2.24, 2.45) is 10.8 Å². The summed E-state index contributed by atoms with van der Waals surface area (Å²) in [4.78, 5) is 18.0. The zero-order chi connectivity index (χ0) is 31.4. The monoisotopic (exact) mass is 583 g/mol. The van der Waals surface area contributed by atoms with Crippen molar-refractivity contribution in [3.8, 4) is 17.6 Å². The van der Waals surface area contributed by atoms with Gasteiger partial charge in [-0.15, -0.1) is 0 Å². The molecule has 1 heterocycles. The molecule has 5 rings (SSSR count). The summed E-state index contributed by atoms with van der Waals surface area (Å²) in [6, 6.07) is 35.3. The van der Waals surface area contributed by atoms with Crippen molar-refractivity contribution in [3.05, 3.63) is 138 Å². The van der Waals surface area contributed by atoms with E-state index in [-0.39, 0.29) is 24.3 Å². The maximum atomic E-state index is 13.6. The van der Waals surface area contributed by atoms with Crippen LogP contribution in [0, 0.1) is 22.2 Å². The number of ether oxygens (including phenoxy) is 1. The van der Waals surface area contributed by atoms with Gasteiger partial charge in [-0.2, -0.15) is 5.26 Å². The van der Waals surface area contributed by atoms with Crippen LogP contribution in [0.1, 0.15) is 47.8 Å². The van der Waals surface area contributed by atoms with E-state index in [2.05, 4.69) is 61.4 Å². The molecule has 0 bridgehead atoms. The summed E-state index contributed by atoms with van der Waals surface area (Å²) in [6.45, 7) is 6.40. The number of nitriles is 1. The van der Waals surface area contributed by atoms with Gasteiger partial charge in [-0.1, -0.05) is 99.6 Å². The Bertz CT molecular complexity index is 1820. The molecule has 0 aliphatic rings. The topological polar surface area (TPSA) is 95.2 Å². The lowest BCUT2D eigenvalue weighted by atomic mass is 9.45. The first-order chi connectivity index (χ1) is 21.2. The lowest BCUT2D eigenvalue weighted by Gasteiger charge is -2.56. The fourth-order valence-corrected chi connectivity index (χ4v) is 7.03. The van der Waals surface area contributed by atoms with Gasteiger partial charge in [-0.25, -0.2) is 0 Å². The Morgan fingerprint density at radius 1 is 0.886 bits per heavy atom. The van der Waals surface area contributed by atoms with E-state index >= 15 is 0 Å². The van der Waals surface area contributed by atoms with Crippen LogP contribution in [0.25, 0.3) is 10.8 Å². The van der Waals surface area contributed by atoms with E-state index in [4.69, 9.17) is 4.74 Å². The van der Waals surface area contributed by atoms with Crippen LogP contribution in [0.4, 0.5) is 0 Å². The van der Waals surface area contributed by atoms with Crippen LogP contribution in [0.2, 0.25) is 0 Å². The highest BCUT2D eigenvalue weighted by molar-refractivity contribution is 5.97. The molecule has 2 atom stereocenters. The van der Waals surface area contributed by atoms with Crippen LogP contribution in [-0.2, 0) is 11.8 Å². The average molecular weight is 584 g/mol. The first kappa shape index (κ1) is 30.3. The summed E-state index contributed by atoms with van der Waals surface area (Å²) >= 11 is 0. The molecular formula is C38H37N3O3. The van der Waals surface area contributed by atoms with E-state index in [0.29, 0.717) is 5.75 Å². The van der Waals surface area contributed by atoms with Crippen molar-refractivity contribution >= 4 is 16.7 Å². The minimum absolute atomic E-state index is 0.0237. The van der Waals surface area contributed by atoms with Crippen molar-refractivity contribution in [1.82, 2.24) is 10.3 Å². The molecule has 0 aliphatic carbocycles. The minimum Gasteiger partial charge on any atom is -0.507 e. The quantitative estimate of drug-likeness (QED) is 0.188. The van der Waals surface area contributed by atoms with E-state index in [1.807, 2.05) is 54.6 Å². The molecule has 6 heteroatoms. The van der Waals surface area contributed by atoms with E-state index in [1.165, 1.54) is 6.07 Å². The van der Waals surface area contributed by atoms with Crippen molar-refractivity contribution in [1.29, 1.82) is 5.26 Å². The number of carbonyl (C=O) groups excluding carboxylic acids is 1. The van der Waals surface area contributed by atoms with Crippen LogP contribution >= 0.6 is 0 Å². The van der Waals surface area contributed by atoms with E-state index in [9.17, 15) is 15.2 Å². The number of carbonyl (C=O) groups is 1. The van der Waals surface area contributed by atoms with Crippen molar-refractivity contribution in [3.63, 3.8) is 0 Å². The van der Waals surface area contributed by atoms with Crippen LogP contribution < -0.4 is 10.1 Å². The van der Waals surface area contributed by atoms with Gasteiger partial charge in [0.2, 0.25) is 0 Å². The number of hydrogen-bond donors (Lipinski definition) is 2. The summed E-state index contributed by atoms with van der Waals surface area (Å²) in [5.41, 5.74) is -0.150. The normalized spacial score (nSPS) is 14.2. The summed E-state index contributed by atoms with van der Waals surface area (Å²) in [6.07, 6.45) is 3.76. The fraction of sp³-hybridized carbons (Fsp3) is 0.237. The number of rotatable bonds is 9. The third kappa shape index (κ3) is 5.16. The van der Waals surface area contributed by atoms with Crippen LogP contribution in [0.15, 0.2) is 116 Å². The van der Waals surface area contributed by atoms with Gasteiger partial charge in [0.1, 0.15) is 11.5 Å². The molecule has 2 unspecified atom stereocenters. The van der Waals surface area contributed by atoms with E-state index in [1.54, 1.807) is 37.7 Å². The average Bonchev–Trinajstić information content (AvgIpc) is 3.04. The molecule has 0 aliphatic heterocycles. The Morgan fingerprint density at radius 2 is 1.57 bits per heavy atom. The number of phenols is 1. The molecule has 0 spiro atoms. The Labute approximate surface area is 259 Å². The molecule has 1 aromatic heterocycles. The molecule has 5 aromatic rings. The van der Waals surface area contributed by atoms with Crippen LogP contribution in [0.5, 0.6) is 11.5 Å². The molecule has 0 fully saturated rings. The highest BCUT2D eigenvalue weighted by Gasteiger charge is 2.61. The molecule has 0 radical (unpaired) electrons. The highest BCUT2D eigenvalue weighted by Crippen LogP contribution is 2.61. The molecule has 0 saturated carbocycles. The number of nitrogens with one attached hydrogen (secondary N) is 1. The number of hydrogen-bond acceptors (Lipinski definition) is 5. The van der Waals surface area contributed by atoms with Crippen LogP contribution in [-0.4, -0.2) is 29.7 Å². The first-order valence-corrected chi connectivity index (χ1v) is 14.7. The minimum atomic E-state index is -1.28. The Kier molecular flexibility index (Phi) is 8.42. The fourth-order valence-electron chi connectivity index (χ4n) is 7.03. The zero-order valence-electron chi connectivity index (χ0n) is 25.5. The summed E-state index contributed by atoms with van der Waals surface area (Å²) in [5.74, 6) is 0.0588. The third-order valence-corrected chi connectivity index (χ3v) is 8.69. The summed E-state index contributed by atoms with van der Waals surface area (Å²) in [5, 5.41) is 27.2. The number of benzene rings is 4. The molecule has 44 heavy (non-hydrogen) atoms. The van der Waals surface area contributed by atoms with Gasteiger partial charge in [-0.05, 0) is 58.0 Å². The Balaban J connectivity index is 1.89. The number of amides is 1. The number of pyridine rings is 1. The number of phenolic OH excluding ortho intramolecular Hbond substituents is 1. The largest absolute Gasteiger partial charge is 0.507 e. The van der Waals surface area contributed by atoms with Gasteiger partial charge in [0, 0.05) is 29.9 Å². The predicted molar refractivity (Wildman–Crippen MR) is 174 cm³/mol. The van der Waals surface area contributed by atoms with Gasteiger partial charge >= 0.3 is 0 Å². The molecule has 1 amide bonds. The van der Waals surface area contributed by atoms with Crippen molar-refractivity contribution in [2.75, 3.05) is 13.7 Å². The van der Waals surface area contributed by atoms with Gasteiger partial charge in [0.15, 0.2) is 0 Å². The molecule has 2 N–H and O–H groups in total. The van der Waals surface area contributed by atoms with Crippen LogP contribution in [0.3, 0.4) is 0 Å². The van der Waals surface area contributed by atoms with Gasteiger partial charge < -0.3 is 15.2 Å². The number of nitrogens with zero attached hydrogens (tertiary/aromatic N) is 2. The number of fused-ring (bicyclic) bond motifs is 1. The van der Waals surface area contributed by atoms with Gasteiger partial charge in [0.25, 0.3) is 5.91 Å². The second kappa shape index (κ2) is 12.2. The maximum absolute atomic E-state index is 13.6. The summed E-state index contributed by atoms with van der Waals surface area (Å²) < 4.78 is 6.04. The smallest absolute Gasteiger partial charge is 0.255 e. The Morgan fingerprint density at radius 3 is 2.27 bits per heavy atom. The second-order valence-electron chi connectivity index (χ2n) is 12.2. The van der Waals surface area contributed by atoms with E-state index in [0.717, 1.165) is 27.5 Å². The lowest BCUT2D eigenvalue weighted by molar-refractivity contribution is 0.0759. The van der Waals surface area contributed by atoms with E-state index < -0.39 is 22.2 Å². The number of aromatic hydroxyl groups is 1. The second-order valence-corrected chi connectivity index (χ2v) is 12.2. The zero-order valence-corrected chi connectivity index (χ0v) is 25.5. The Hall–Kier alpha value is -5.15. The van der Waals surface area contributed by atoms with Crippen molar-refractivity contribution < 1.29 is 14.6 Å². The molecule has 222 valence electrons. The number of methoxy groups -OCH3 is 1. The highest BCUT2D eigenvalue weighted by atomic mass is 16.5. The maximum Gasteiger partial charge on any atom is 0.255 e. The van der Waals surface area contributed by atoms with Crippen molar-refractivity contribution in [2.45, 2.75) is 32.6 Å². The standard InChI is InChI=1S/C38H37N3O3/c1-36(2,3)38(32-18-8-10-21-34(32)44-4,31-19-11-15-28-14-5-6-16-29(28)31)37(25-39,23-27-13-12-22-40-24-27)26-41-35(43)30-17-7-9-20-33(30)42/h5-22,24,42H,23,26H2,1-4H3,(H,41,43). The molecule has 0 saturated heterocycles. The number of para-hydroxylation sites is 2. The third-order valence-electron chi connectivity index (χ3n) is 8.69. The van der Waals surface area contributed by atoms with Gasteiger partial charge in [-0.3, -0.25) is 9.78 Å². The van der Waals surface area contributed by atoms with Gasteiger partial charge in [0.05, 0.1) is 24.2 Å². The summed E-state index contributed by atoms with van der Waals surface area (Å²) in [7, 11) is 1.64. The lowest BCUT2D eigenvalue weighted by Crippen LogP contribution is -2.60. The first-order valence-electron chi connectivity index (χ1n) is 14.7. The number of aromatic nitrogens is 1.